The molecule has 0 aromatic carbocycles. The molecule has 10 nitrogen and oxygen atoms in total. The number of aromatic nitrogens is 5. The number of fused-ring (bicyclic) bond motifs is 1. The second kappa shape index (κ2) is 9.47. The molecular formula is C25H30N8O2S. The second-order valence-electron chi connectivity index (χ2n) is 9.78. The molecule has 2 amide bonds. The molecule has 0 aliphatic carbocycles. The minimum absolute atomic E-state index is 0.175. The molecule has 0 bridgehead atoms. The number of nitrogens with one attached hydrogen (secondary N) is 2. The van der Waals surface area contributed by atoms with E-state index in [-0.39, 0.29) is 17.4 Å². The molecule has 4 aromatic rings. The maximum Gasteiger partial charge on any atom is 0.260 e. The van der Waals surface area contributed by atoms with Crippen LogP contribution in [0.3, 0.4) is 0 Å². The van der Waals surface area contributed by atoms with Gasteiger partial charge < -0.3 is 10.6 Å². The Labute approximate surface area is 213 Å². The van der Waals surface area contributed by atoms with E-state index in [0.29, 0.717) is 29.1 Å². The first-order valence-corrected chi connectivity index (χ1v) is 12.8. The van der Waals surface area contributed by atoms with Crippen molar-refractivity contribution in [2.24, 2.45) is 7.05 Å². The van der Waals surface area contributed by atoms with Gasteiger partial charge in [-0.05, 0) is 46.2 Å². The molecule has 1 aliphatic rings. The van der Waals surface area contributed by atoms with Gasteiger partial charge in [0.1, 0.15) is 4.83 Å². The summed E-state index contributed by atoms with van der Waals surface area (Å²) in [5.41, 5.74) is 3.13. The first-order valence-electron chi connectivity index (χ1n) is 12.0. The average molecular weight is 507 g/mol. The maximum absolute atomic E-state index is 13.1. The molecule has 0 unspecified atom stereocenters. The van der Waals surface area contributed by atoms with Crippen LogP contribution in [0.15, 0.2) is 37.1 Å². The summed E-state index contributed by atoms with van der Waals surface area (Å²) in [6.07, 6.45) is 11.0. The fraction of sp³-hybridized carbons (Fsp3) is 0.400. The van der Waals surface area contributed by atoms with Gasteiger partial charge in [0.25, 0.3) is 11.8 Å². The summed E-state index contributed by atoms with van der Waals surface area (Å²) in [5, 5.41) is 14.4. The number of likely N-dealkylation sites (tertiary alicyclic amines) is 1. The van der Waals surface area contributed by atoms with E-state index in [9.17, 15) is 9.59 Å². The van der Waals surface area contributed by atoms with E-state index in [0.717, 1.165) is 28.4 Å². The molecular weight excluding hydrogens is 476 g/mol. The van der Waals surface area contributed by atoms with Crippen LogP contribution in [0.4, 0.5) is 5.69 Å². The Hall–Kier alpha value is -3.57. The van der Waals surface area contributed by atoms with Gasteiger partial charge >= 0.3 is 0 Å². The number of pyridine rings is 1. The monoisotopic (exact) mass is 506 g/mol. The number of anilines is 1. The van der Waals surface area contributed by atoms with Gasteiger partial charge in [-0.2, -0.15) is 10.2 Å². The van der Waals surface area contributed by atoms with E-state index in [4.69, 9.17) is 0 Å². The Bertz CT molecular complexity index is 1430. The van der Waals surface area contributed by atoms with Crippen LogP contribution < -0.4 is 10.6 Å². The minimum Gasteiger partial charge on any atom is -0.351 e. The summed E-state index contributed by atoms with van der Waals surface area (Å²) in [5.74, 6) is -0.509. The number of rotatable bonds is 7. The zero-order chi connectivity index (χ0) is 25.4. The molecule has 11 heteroatoms. The number of amides is 2. The third-order valence-corrected chi connectivity index (χ3v) is 7.93. The highest BCUT2D eigenvalue weighted by atomic mass is 32.1. The van der Waals surface area contributed by atoms with Crippen molar-refractivity contribution in [2.45, 2.75) is 39.2 Å². The first kappa shape index (κ1) is 24.1. The highest BCUT2D eigenvalue weighted by Crippen LogP contribution is 2.31. The van der Waals surface area contributed by atoms with Crippen LogP contribution in [-0.4, -0.2) is 66.3 Å². The third-order valence-electron chi connectivity index (χ3n) is 6.77. The van der Waals surface area contributed by atoms with Crippen molar-refractivity contribution >= 4 is 33.7 Å². The molecule has 0 atom stereocenters. The lowest BCUT2D eigenvalue weighted by atomic mass is 10.0. The topological polar surface area (TPSA) is 109 Å². The van der Waals surface area contributed by atoms with Crippen LogP contribution in [0.1, 0.15) is 53.1 Å². The summed E-state index contributed by atoms with van der Waals surface area (Å²) >= 11 is 1.47. The average Bonchev–Trinajstić information content (AvgIpc) is 3.59. The van der Waals surface area contributed by atoms with Gasteiger partial charge in [0, 0.05) is 49.8 Å². The summed E-state index contributed by atoms with van der Waals surface area (Å²) in [6.45, 7) is 8.70. The summed E-state index contributed by atoms with van der Waals surface area (Å²) in [6, 6.07) is 1.67. The minimum atomic E-state index is -0.302. The summed E-state index contributed by atoms with van der Waals surface area (Å²) in [4.78, 5) is 34.4. The third kappa shape index (κ3) is 4.76. The molecule has 5 rings (SSSR count). The molecule has 0 radical (unpaired) electrons. The van der Waals surface area contributed by atoms with E-state index < -0.39 is 0 Å². The SMILES string of the molecule is Cc1ncc(C(=O)NCCN2CCCC2(C)C)cc1NC(=O)c1cnn2cc(-c3cnn(C)c3)sc12. The van der Waals surface area contributed by atoms with Crippen LogP contribution >= 0.6 is 11.3 Å². The normalized spacial score (nSPS) is 15.4. The van der Waals surface area contributed by atoms with Crippen molar-refractivity contribution in [3.8, 4) is 10.4 Å². The van der Waals surface area contributed by atoms with E-state index in [1.165, 1.54) is 30.4 Å². The van der Waals surface area contributed by atoms with Gasteiger partial charge in [0.05, 0.1) is 39.8 Å². The quantitative estimate of drug-likeness (QED) is 0.398. The molecule has 4 aromatic heterocycles. The molecule has 0 saturated carbocycles. The van der Waals surface area contributed by atoms with E-state index in [2.05, 4.69) is 44.6 Å². The van der Waals surface area contributed by atoms with Crippen molar-refractivity contribution in [1.29, 1.82) is 0 Å². The van der Waals surface area contributed by atoms with E-state index in [1.54, 1.807) is 34.6 Å². The first-order chi connectivity index (χ1) is 17.2. The Morgan fingerprint density at radius 2 is 1.97 bits per heavy atom. The molecule has 0 spiro atoms. The lowest BCUT2D eigenvalue weighted by Gasteiger charge is -2.31. The molecule has 1 saturated heterocycles. The zero-order valence-corrected chi connectivity index (χ0v) is 21.7. The Balaban J connectivity index is 1.27. The van der Waals surface area contributed by atoms with Crippen LogP contribution in [0.5, 0.6) is 0 Å². The van der Waals surface area contributed by atoms with Crippen molar-refractivity contribution in [3.63, 3.8) is 0 Å². The van der Waals surface area contributed by atoms with Gasteiger partial charge in [-0.15, -0.1) is 11.3 Å². The highest BCUT2D eigenvalue weighted by molar-refractivity contribution is 7.21. The Morgan fingerprint density at radius 3 is 2.69 bits per heavy atom. The van der Waals surface area contributed by atoms with Gasteiger partial charge in [0.15, 0.2) is 0 Å². The summed E-state index contributed by atoms with van der Waals surface area (Å²) in [7, 11) is 1.86. The van der Waals surface area contributed by atoms with E-state index >= 15 is 0 Å². The molecule has 188 valence electrons. The van der Waals surface area contributed by atoms with Crippen molar-refractivity contribution in [3.05, 3.63) is 53.9 Å². The van der Waals surface area contributed by atoms with Crippen LogP contribution in [-0.2, 0) is 7.05 Å². The smallest absolute Gasteiger partial charge is 0.260 e. The van der Waals surface area contributed by atoms with Crippen molar-refractivity contribution in [2.75, 3.05) is 25.0 Å². The van der Waals surface area contributed by atoms with Crippen LogP contribution in [0.2, 0.25) is 0 Å². The maximum atomic E-state index is 13.1. The van der Waals surface area contributed by atoms with Gasteiger partial charge in [0.2, 0.25) is 0 Å². The number of nitrogens with zero attached hydrogens (tertiary/aromatic N) is 6. The number of aryl methyl sites for hydroxylation is 2. The number of hydrogen-bond acceptors (Lipinski definition) is 7. The second-order valence-corrected chi connectivity index (χ2v) is 10.8. The predicted octanol–water partition coefficient (Wildman–Crippen LogP) is 3.36. The molecule has 5 heterocycles. The number of carbonyl (C=O) groups excluding carboxylic acids is 2. The van der Waals surface area contributed by atoms with Crippen molar-refractivity contribution in [1.82, 2.24) is 34.6 Å². The highest BCUT2D eigenvalue weighted by Gasteiger charge is 2.31. The number of thiazole rings is 1. The molecule has 1 fully saturated rings. The lowest BCUT2D eigenvalue weighted by molar-refractivity contribution is 0.0938. The van der Waals surface area contributed by atoms with Crippen molar-refractivity contribution < 1.29 is 9.59 Å². The standard InChI is InChI=1S/C25H30N8O2S/c1-16-20(10-17(11-27-16)22(34)26-7-9-32-8-5-6-25(32,2)3)30-23(35)19-13-29-33-15-21(36-24(19)33)18-12-28-31(4)14-18/h10-15H,5-9H2,1-4H3,(H,26,34)(H,30,35). The fourth-order valence-electron chi connectivity index (χ4n) is 4.58. The van der Waals surface area contributed by atoms with Gasteiger partial charge in [-0.25, -0.2) is 4.52 Å². The Morgan fingerprint density at radius 1 is 1.14 bits per heavy atom. The lowest BCUT2D eigenvalue weighted by Crippen LogP contribution is -2.43. The molecule has 36 heavy (non-hydrogen) atoms. The Kier molecular flexibility index (Phi) is 6.35. The molecule has 2 N–H and O–H groups in total. The predicted molar refractivity (Wildman–Crippen MR) is 139 cm³/mol. The van der Waals surface area contributed by atoms with Gasteiger partial charge in [-0.1, -0.05) is 0 Å². The van der Waals surface area contributed by atoms with Gasteiger partial charge in [-0.3, -0.25) is 24.2 Å². The summed E-state index contributed by atoms with van der Waals surface area (Å²) < 4.78 is 3.43. The number of carbonyl (C=O) groups is 2. The number of hydrogen-bond donors (Lipinski definition) is 2. The largest absolute Gasteiger partial charge is 0.351 e. The zero-order valence-electron chi connectivity index (χ0n) is 20.9. The fourth-order valence-corrected chi connectivity index (χ4v) is 5.61. The van der Waals surface area contributed by atoms with Crippen LogP contribution in [0.25, 0.3) is 15.3 Å². The van der Waals surface area contributed by atoms with E-state index in [1.807, 2.05) is 19.4 Å². The van der Waals surface area contributed by atoms with Crippen LogP contribution in [0, 0.1) is 6.92 Å². The molecule has 1 aliphatic heterocycles.